The number of piperidine rings is 1. The van der Waals surface area contributed by atoms with Gasteiger partial charge in [-0.3, -0.25) is 4.57 Å². The highest BCUT2D eigenvalue weighted by molar-refractivity contribution is 6.30. The molecule has 1 aliphatic heterocycles. The van der Waals surface area contributed by atoms with E-state index in [2.05, 4.69) is 20.4 Å². The predicted octanol–water partition coefficient (Wildman–Crippen LogP) is 3.68. The minimum Gasteiger partial charge on any atom is -0.444 e. The molecule has 0 unspecified atom stereocenters. The number of carbonyl (C=O) groups excluding carboxylic acids is 1. The lowest BCUT2D eigenvalue weighted by Crippen LogP contribution is -2.41. The van der Waals surface area contributed by atoms with Gasteiger partial charge in [-0.2, -0.15) is 15.0 Å². The van der Waals surface area contributed by atoms with Gasteiger partial charge in [-0.1, -0.05) is 11.6 Å². The van der Waals surface area contributed by atoms with Crippen LogP contribution in [0.25, 0.3) is 5.69 Å². The number of nitrogens with zero attached hydrogens (tertiary/aromatic N) is 7. The van der Waals surface area contributed by atoms with Gasteiger partial charge < -0.3 is 9.64 Å². The molecular formula is C21H26ClN7O2. The number of benzene rings is 1. The molecule has 0 N–H and O–H groups in total. The molecule has 0 saturated carbocycles. The van der Waals surface area contributed by atoms with Gasteiger partial charge in [0.05, 0.1) is 12.4 Å². The van der Waals surface area contributed by atoms with E-state index in [1.165, 1.54) is 0 Å². The number of ether oxygens (including phenoxy) is 1. The highest BCUT2D eigenvalue weighted by Gasteiger charge is 2.30. The van der Waals surface area contributed by atoms with Crippen LogP contribution in [0.4, 0.5) is 4.79 Å². The van der Waals surface area contributed by atoms with Crippen LogP contribution in [0, 0.1) is 0 Å². The van der Waals surface area contributed by atoms with E-state index < -0.39 is 5.60 Å². The number of hydrogen-bond donors (Lipinski definition) is 0. The fourth-order valence-electron chi connectivity index (χ4n) is 3.67. The lowest BCUT2D eigenvalue weighted by molar-refractivity contribution is 0.0202. The molecule has 9 nitrogen and oxygen atoms in total. The van der Waals surface area contributed by atoms with Crippen molar-refractivity contribution < 1.29 is 9.53 Å². The van der Waals surface area contributed by atoms with Crippen LogP contribution in [-0.4, -0.2) is 59.4 Å². The molecule has 0 spiro atoms. The molecule has 10 heteroatoms. The van der Waals surface area contributed by atoms with Gasteiger partial charge in [0.1, 0.15) is 18.0 Å². The maximum absolute atomic E-state index is 12.4. The zero-order valence-corrected chi connectivity index (χ0v) is 18.7. The Balaban J connectivity index is 1.56. The van der Waals surface area contributed by atoms with E-state index in [4.69, 9.17) is 16.3 Å². The number of amides is 1. The summed E-state index contributed by atoms with van der Waals surface area (Å²) in [6.07, 6.45) is 4.57. The normalized spacial score (nSPS) is 15.3. The monoisotopic (exact) mass is 443 g/mol. The SMILES string of the molecule is CC(C)(C)OC(=O)N1CCC(c2nnc(Cn3nccn3)n2-c2ccc(Cl)cc2)CC1. The quantitative estimate of drug-likeness (QED) is 0.611. The van der Waals surface area contributed by atoms with Gasteiger partial charge in [-0.05, 0) is 57.9 Å². The molecule has 31 heavy (non-hydrogen) atoms. The number of likely N-dealkylation sites (tertiary alicyclic amines) is 1. The molecule has 0 atom stereocenters. The van der Waals surface area contributed by atoms with Crippen LogP contribution in [0.2, 0.25) is 5.02 Å². The van der Waals surface area contributed by atoms with Crippen molar-refractivity contribution in [1.82, 2.24) is 34.7 Å². The third-order valence-corrected chi connectivity index (χ3v) is 5.35. The Morgan fingerprint density at radius 3 is 2.35 bits per heavy atom. The lowest BCUT2D eigenvalue weighted by Gasteiger charge is -2.33. The lowest BCUT2D eigenvalue weighted by atomic mass is 9.96. The summed E-state index contributed by atoms with van der Waals surface area (Å²) in [5.41, 5.74) is 0.430. The maximum Gasteiger partial charge on any atom is 0.410 e. The second-order valence-corrected chi connectivity index (χ2v) is 9.02. The van der Waals surface area contributed by atoms with Gasteiger partial charge in [-0.25, -0.2) is 4.79 Å². The zero-order chi connectivity index (χ0) is 22.0. The van der Waals surface area contributed by atoms with Crippen molar-refractivity contribution in [2.24, 2.45) is 0 Å². The molecule has 1 amide bonds. The Morgan fingerprint density at radius 2 is 1.74 bits per heavy atom. The summed E-state index contributed by atoms with van der Waals surface area (Å²) in [6.45, 7) is 7.26. The van der Waals surface area contributed by atoms with E-state index in [9.17, 15) is 4.79 Å². The summed E-state index contributed by atoms with van der Waals surface area (Å²) in [5, 5.41) is 18.0. The van der Waals surface area contributed by atoms with Gasteiger partial charge in [0.2, 0.25) is 0 Å². The van der Waals surface area contributed by atoms with Gasteiger partial charge in [0, 0.05) is 29.7 Å². The van der Waals surface area contributed by atoms with Gasteiger partial charge in [0.15, 0.2) is 5.82 Å². The van der Waals surface area contributed by atoms with E-state index in [1.807, 2.05) is 49.6 Å². The van der Waals surface area contributed by atoms with E-state index in [0.29, 0.717) is 24.7 Å². The largest absolute Gasteiger partial charge is 0.444 e. The molecule has 1 saturated heterocycles. The first-order valence-electron chi connectivity index (χ1n) is 10.3. The number of rotatable bonds is 4. The molecule has 1 aliphatic rings. The van der Waals surface area contributed by atoms with Crippen molar-refractivity contribution in [1.29, 1.82) is 0 Å². The first kappa shape index (κ1) is 21.3. The van der Waals surface area contributed by atoms with Crippen molar-refractivity contribution in [3.05, 3.63) is 53.3 Å². The second kappa shape index (κ2) is 8.66. The van der Waals surface area contributed by atoms with E-state index in [0.717, 1.165) is 30.2 Å². The molecular weight excluding hydrogens is 418 g/mol. The molecule has 0 aliphatic carbocycles. The summed E-state index contributed by atoms with van der Waals surface area (Å²) in [7, 11) is 0. The first-order valence-corrected chi connectivity index (χ1v) is 10.7. The third kappa shape index (κ3) is 5.04. The molecule has 1 aromatic carbocycles. The number of aromatic nitrogens is 6. The molecule has 0 bridgehead atoms. The van der Waals surface area contributed by atoms with Crippen LogP contribution >= 0.6 is 11.6 Å². The van der Waals surface area contributed by atoms with Crippen molar-refractivity contribution in [2.75, 3.05) is 13.1 Å². The summed E-state index contributed by atoms with van der Waals surface area (Å²) in [5.74, 6) is 1.78. The number of hydrogen-bond acceptors (Lipinski definition) is 6. The summed E-state index contributed by atoms with van der Waals surface area (Å²) in [6, 6.07) is 7.60. The van der Waals surface area contributed by atoms with Gasteiger partial charge in [0.25, 0.3) is 0 Å². The third-order valence-electron chi connectivity index (χ3n) is 5.10. The van der Waals surface area contributed by atoms with Crippen molar-refractivity contribution >= 4 is 17.7 Å². The number of halogens is 1. The Kier molecular flexibility index (Phi) is 5.95. The Hall–Kier alpha value is -2.94. The highest BCUT2D eigenvalue weighted by atomic mass is 35.5. The van der Waals surface area contributed by atoms with Crippen LogP contribution in [0.1, 0.15) is 51.2 Å². The Labute approximate surface area is 186 Å². The topological polar surface area (TPSA) is 91.0 Å². The van der Waals surface area contributed by atoms with Crippen LogP contribution in [0.3, 0.4) is 0 Å². The minimum absolute atomic E-state index is 0.168. The Bertz CT molecular complexity index is 1020. The van der Waals surface area contributed by atoms with Gasteiger partial charge >= 0.3 is 6.09 Å². The molecule has 1 fully saturated rings. The summed E-state index contributed by atoms with van der Waals surface area (Å²) >= 11 is 6.09. The van der Waals surface area contributed by atoms with E-state index >= 15 is 0 Å². The van der Waals surface area contributed by atoms with Crippen LogP contribution in [-0.2, 0) is 11.3 Å². The second-order valence-electron chi connectivity index (χ2n) is 8.59. The molecule has 4 rings (SSSR count). The van der Waals surface area contributed by atoms with Crippen LogP contribution in [0.5, 0.6) is 0 Å². The standard InChI is InChI=1S/C21H26ClN7O2/c1-21(2,3)31-20(30)27-12-8-15(9-13-27)19-26-25-18(14-28-23-10-11-24-28)29(19)17-6-4-16(22)5-7-17/h4-7,10-11,15H,8-9,12-14H2,1-3H3. The molecule has 3 aromatic rings. The van der Waals surface area contributed by atoms with E-state index in [1.54, 1.807) is 22.1 Å². The fraction of sp³-hybridized carbons (Fsp3) is 0.476. The van der Waals surface area contributed by atoms with E-state index in [-0.39, 0.29) is 12.0 Å². The van der Waals surface area contributed by atoms with Crippen LogP contribution < -0.4 is 0 Å². The van der Waals surface area contributed by atoms with Gasteiger partial charge in [-0.15, -0.1) is 10.2 Å². The minimum atomic E-state index is -0.502. The fourth-order valence-corrected chi connectivity index (χ4v) is 3.79. The van der Waals surface area contributed by atoms with Crippen molar-refractivity contribution in [2.45, 2.75) is 51.7 Å². The molecule has 2 aromatic heterocycles. The Morgan fingerprint density at radius 1 is 1.10 bits per heavy atom. The average Bonchev–Trinajstić information content (AvgIpc) is 3.38. The van der Waals surface area contributed by atoms with Crippen LogP contribution in [0.15, 0.2) is 36.7 Å². The summed E-state index contributed by atoms with van der Waals surface area (Å²) in [4.78, 5) is 15.7. The maximum atomic E-state index is 12.4. The summed E-state index contributed by atoms with van der Waals surface area (Å²) < 4.78 is 7.56. The number of carbonyl (C=O) groups is 1. The first-order chi connectivity index (χ1) is 14.8. The molecule has 164 valence electrons. The van der Waals surface area contributed by atoms with Crippen molar-refractivity contribution in [3.63, 3.8) is 0 Å². The van der Waals surface area contributed by atoms with Crippen molar-refractivity contribution in [3.8, 4) is 5.69 Å². The highest BCUT2D eigenvalue weighted by Crippen LogP contribution is 2.30. The molecule has 3 heterocycles. The smallest absolute Gasteiger partial charge is 0.410 e. The molecule has 0 radical (unpaired) electrons. The average molecular weight is 444 g/mol. The zero-order valence-electron chi connectivity index (χ0n) is 17.9. The predicted molar refractivity (Wildman–Crippen MR) is 115 cm³/mol.